The summed E-state index contributed by atoms with van der Waals surface area (Å²) in [6, 6.07) is 12.8. The first kappa shape index (κ1) is 22.7. The molecule has 0 spiro atoms. The van der Waals surface area contributed by atoms with E-state index < -0.39 is 11.5 Å². The molecule has 0 aliphatic rings. The summed E-state index contributed by atoms with van der Waals surface area (Å²) in [5, 5.41) is 12.2. The molecule has 0 atom stereocenters. The Morgan fingerprint density at radius 3 is 2.69 bits per heavy atom. The highest BCUT2D eigenvalue weighted by Gasteiger charge is 2.18. The Morgan fingerprint density at radius 1 is 1.22 bits per heavy atom. The Balaban J connectivity index is 2.11. The fourth-order valence-electron chi connectivity index (χ4n) is 3.08. The summed E-state index contributed by atoms with van der Waals surface area (Å²) in [6.07, 6.45) is 3.41. The molecule has 8 heteroatoms. The van der Waals surface area contributed by atoms with Crippen molar-refractivity contribution in [2.24, 2.45) is 0 Å². The molecule has 0 radical (unpaired) electrons. The van der Waals surface area contributed by atoms with Crippen molar-refractivity contribution in [2.45, 2.75) is 20.3 Å². The molecule has 164 valence electrons. The first-order valence-corrected chi connectivity index (χ1v) is 10.1. The second kappa shape index (κ2) is 10.4. The smallest absolute Gasteiger partial charge is 0.269 e. The second-order valence-corrected chi connectivity index (χ2v) is 7.16. The summed E-state index contributed by atoms with van der Waals surface area (Å²) < 4.78 is 12.3. The number of nitrogens with one attached hydrogen (secondary N) is 1. The predicted octanol–water partition coefficient (Wildman–Crippen LogP) is 3.16. The highest BCUT2D eigenvalue weighted by atomic mass is 16.5. The molecule has 1 aromatic carbocycles. The lowest BCUT2D eigenvalue weighted by Gasteiger charge is -2.13. The fourth-order valence-corrected chi connectivity index (χ4v) is 3.08. The molecule has 2 aromatic heterocycles. The highest BCUT2D eigenvalue weighted by molar-refractivity contribution is 6.01. The van der Waals surface area contributed by atoms with Gasteiger partial charge in [0.2, 0.25) is 5.88 Å². The number of hydrogen-bond acceptors (Lipinski definition) is 6. The first-order chi connectivity index (χ1) is 15.5. The van der Waals surface area contributed by atoms with Gasteiger partial charge in [0.1, 0.15) is 28.6 Å². The molecule has 0 fully saturated rings. The van der Waals surface area contributed by atoms with Gasteiger partial charge in [0.15, 0.2) is 0 Å². The number of fused-ring (bicyclic) bond motifs is 1. The number of pyridine rings is 1. The van der Waals surface area contributed by atoms with Crippen molar-refractivity contribution in [1.29, 1.82) is 5.26 Å². The number of amides is 1. The average Bonchev–Trinajstić information content (AvgIpc) is 2.79. The van der Waals surface area contributed by atoms with E-state index in [0.29, 0.717) is 31.0 Å². The number of hydrogen-bond donors (Lipinski definition) is 1. The zero-order chi connectivity index (χ0) is 23.1. The van der Waals surface area contributed by atoms with Crippen LogP contribution in [-0.2, 0) is 9.53 Å². The number of rotatable bonds is 8. The number of nitrogens with zero attached hydrogens (tertiary/aromatic N) is 3. The Kier molecular flexibility index (Phi) is 7.37. The molecule has 0 aliphatic carbocycles. The Morgan fingerprint density at radius 2 is 1.97 bits per heavy atom. The fraction of sp³-hybridized carbons (Fsp3) is 0.250. The van der Waals surface area contributed by atoms with Gasteiger partial charge in [-0.05, 0) is 49.6 Å². The number of carbonyl (C=O) groups excluding carboxylic acids is 1. The molecule has 32 heavy (non-hydrogen) atoms. The topological polar surface area (TPSA) is 106 Å². The van der Waals surface area contributed by atoms with Gasteiger partial charge in [-0.3, -0.25) is 14.0 Å². The molecule has 1 N–H and O–H groups in total. The molecule has 0 saturated heterocycles. The van der Waals surface area contributed by atoms with Crippen LogP contribution in [0.4, 0.5) is 0 Å². The summed E-state index contributed by atoms with van der Waals surface area (Å²) in [4.78, 5) is 30.3. The van der Waals surface area contributed by atoms with E-state index in [4.69, 9.17) is 9.47 Å². The number of carbonyl (C=O) groups is 1. The van der Waals surface area contributed by atoms with Crippen LogP contribution in [0, 0.1) is 25.2 Å². The van der Waals surface area contributed by atoms with Crippen molar-refractivity contribution >= 4 is 17.6 Å². The zero-order valence-electron chi connectivity index (χ0n) is 18.2. The molecule has 0 aliphatic heterocycles. The normalized spacial score (nSPS) is 11.2. The molecule has 2 heterocycles. The summed E-state index contributed by atoms with van der Waals surface area (Å²) >= 11 is 0. The van der Waals surface area contributed by atoms with Gasteiger partial charge < -0.3 is 14.8 Å². The number of aryl methyl sites for hydroxylation is 2. The number of ether oxygens (including phenoxy) is 2. The van der Waals surface area contributed by atoms with E-state index in [2.05, 4.69) is 10.3 Å². The van der Waals surface area contributed by atoms with Crippen LogP contribution in [0.25, 0.3) is 11.7 Å². The van der Waals surface area contributed by atoms with E-state index in [-0.39, 0.29) is 17.0 Å². The van der Waals surface area contributed by atoms with Crippen LogP contribution in [-0.4, -0.2) is 35.6 Å². The standard InChI is InChI=1S/C24H24N4O4/c1-16-8-4-5-10-20(16)32-23-19(14-18(15-25)22(29)26-11-7-13-31-3)24(30)28-12-6-9-17(2)21(28)27-23/h4-6,8-10,12,14H,7,11,13H2,1-3H3,(H,26,29). The SMILES string of the molecule is COCCCNC(=O)C(C#N)=Cc1c(Oc2ccccc2C)nc2c(C)cccn2c1=O. The third-order valence-corrected chi connectivity index (χ3v) is 4.81. The van der Waals surface area contributed by atoms with Gasteiger partial charge >= 0.3 is 0 Å². The molecule has 0 bridgehead atoms. The van der Waals surface area contributed by atoms with Crippen molar-refractivity contribution in [1.82, 2.24) is 14.7 Å². The molecule has 3 rings (SSSR count). The van der Waals surface area contributed by atoms with Gasteiger partial charge in [-0.15, -0.1) is 0 Å². The lowest BCUT2D eigenvalue weighted by Crippen LogP contribution is -2.27. The molecule has 0 saturated carbocycles. The third kappa shape index (κ3) is 5.02. The van der Waals surface area contributed by atoms with Crippen LogP contribution in [0.5, 0.6) is 11.6 Å². The quantitative estimate of drug-likeness (QED) is 0.333. The molecule has 0 unspecified atom stereocenters. The zero-order valence-corrected chi connectivity index (χ0v) is 18.2. The molecular formula is C24H24N4O4. The summed E-state index contributed by atoms with van der Waals surface area (Å²) in [7, 11) is 1.57. The second-order valence-electron chi connectivity index (χ2n) is 7.16. The minimum Gasteiger partial charge on any atom is -0.438 e. The van der Waals surface area contributed by atoms with Gasteiger partial charge in [-0.1, -0.05) is 24.3 Å². The third-order valence-electron chi connectivity index (χ3n) is 4.81. The van der Waals surface area contributed by atoms with E-state index in [9.17, 15) is 14.9 Å². The maximum Gasteiger partial charge on any atom is 0.269 e. The molecule has 3 aromatic rings. The molecular weight excluding hydrogens is 408 g/mol. The van der Waals surface area contributed by atoms with Gasteiger partial charge in [-0.25, -0.2) is 0 Å². The van der Waals surface area contributed by atoms with Gasteiger partial charge in [0.25, 0.3) is 11.5 Å². The summed E-state index contributed by atoms with van der Waals surface area (Å²) in [5.74, 6) is -0.0350. The Labute approximate surface area is 185 Å². The monoisotopic (exact) mass is 432 g/mol. The van der Waals surface area contributed by atoms with Gasteiger partial charge in [0.05, 0.1) is 0 Å². The van der Waals surface area contributed by atoms with Gasteiger partial charge in [-0.2, -0.15) is 10.2 Å². The largest absolute Gasteiger partial charge is 0.438 e. The van der Waals surface area contributed by atoms with E-state index in [0.717, 1.165) is 11.1 Å². The molecule has 8 nitrogen and oxygen atoms in total. The summed E-state index contributed by atoms with van der Waals surface area (Å²) in [6.45, 7) is 4.53. The van der Waals surface area contributed by atoms with Crippen LogP contribution in [0.1, 0.15) is 23.1 Å². The van der Waals surface area contributed by atoms with E-state index >= 15 is 0 Å². The minimum absolute atomic E-state index is 0.0138. The highest BCUT2D eigenvalue weighted by Crippen LogP contribution is 2.27. The van der Waals surface area contributed by atoms with E-state index in [1.807, 2.05) is 44.2 Å². The van der Waals surface area contributed by atoms with E-state index in [1.165, 1.54) is 10.5 Å². The Bertz CT molecular complexity index is 1270. The number of para-hydroxylation sites is 1. The Hall–Kier alpha value is -3.96. The number of aromatic nitrogens is 2. The van der Waals surface area contributed by atoms with Crippen molar-refractivity contribution in [2.75, 3.05) is 20.3 Å². The number of benzene rings is 1. The number of nitriles is 1. The maximum absolute atomic E-state index is 13.3. The first-order valence-electron chi connectivity index (χ1n) is 10.1. The molecule has 1 amide bonds. The van der Waals surface area contributed by atoms with Crippen molar-refractivity contribution in [3.63, 3.8) is 0 Å². The predicted molar refractivity (Wildman–Crippen MR) is 121 cm³/mol. The van der Waals surface area contributed by atoms with Crippen LogP contribution >= 0.6 is 0 Å². The van der Waals surface area contributed by atoms with Crippen molar-refractivity contribution in [3.05, 3.63) is 75.2 Å². The van der Waals surface area contributed by atoms with E-state index in [1.54, 1.807) is 25.4 Å². The average molecular weight is 432 g/mol. The lowest BCUT2D eigenvalue weighted by molar-refractivity contribution is -0.117. The van der Waals surface area contributed by atoms with Gasteiger partial charge in [0, 0.05) is 26.5 Å². The minimum atomic E-state index is -0.584. The van der Waals surface area contributed by atoms with Crippen LogP contribution in [0.15, 0.2) is 53.0 Å². The summed E-state index contributed by atoms with van der Waals surface area (Å²) in [5.41, 5.74) is 1.42. The lowest BCUT2D eigenvalue weighted by atomic mass is 10.1. The number of methoxy groups -OCH3 is 1. The van der Waals surface area contributed by atoms with Crippen LogP contribution < -0.4 is 15.6 Å². The van der Waals surface area contributed by atoms with Crippen LogP contribution in [0.2, 0.25) is 0 Å². The van der Waals surface area contributed by atoms with Crippen LogP contribution in [0.3, 0.4) is 0 Å². The van der Waals surface area contributed by atoms with Crippen molar-refractivity contribution in [3.8, 4) is 17.7 Å². The van der Waals surface area contributed by atoms with Crippen molar-refractivity contribution < 1.29 is 14.3 Å². The maximum atomic E-state index is 13.3.